The van der Waals surface area contributed by atoms with E-state index in [2.05, 4.69) is 21.3 Å². The molecule has 2 heterocycles. The van der Waals surface area contributed by atoms with Gasteiger partial charge in [-0.1, -0.05) is 129 Å². The Hall–Kier alpha value is -11.0. The van der Waals surface area contributed by atoms with Crippen molar-refractivity contribution in [2.45, 2.75) is 190 Å². The number of Topliss-reactive ketones (excluding diaryl/α,β-unsaturated/α-hetero) is 4. The van der Waals surface area contributed by atoms with Crippen molar-refractivity contribution in [3.63, 3.8) is 0 Å². The highest BCUT2D eigenvalue weighted by molar-refractivity contribution is 6.00. The number of phenols is 2. The fourth-order valence-corrected chi connectivity index (χ4v) is 13.3. The zero-order valence-electron chi connectivity index (χ0n) is 65.1. The molecule has 7 rings (SSSR count). The van der Waals surface area contributed by atoms with Crippen LogP contribution in [0.4, 0.5) is 0 Å². The molecule has 8 bridgehead atoms. The number of ketones is 4. The van der Waals surface area contributed by atoms with Crippen LogP contribution in [0, 0.1) is 37.5 Å². The van der Waals surface area contributed by atoms with E-state index in [1.165, 1.54) is 109 Å². The number of aliphatic carboxylic acids is 1. The molecule has 112 heavy (non-hydrogen) atoms. The molecule has 0 saturated carbocycles. The number of methoxy groups -OCH3 is 1. The van der Waals surface area contributed by atoms with E-state index >= 15 is 0 Å². The minimum atomic E-state index is -1.37. The van der Waals surface area contributed by atoms with Gasteiger partial charge in [0.15, 0.2) is 23.1 Å². The van der Waals surface area contributed by atoms with Crippen molar-refractivity contribution in [2.75, 3.05) is 48.5 Å². The summed E-state index contributed by atoms with van der Waals surface area (Å²) in [6.45, 7) is 15.7. The summed E-state index contributed by atoms with van der Waals surface area (Å²) in [6, 6.07) is 20.0. The number of hydrogen-bond donors (Lipinski definition) is 8. The second-order valence-electron chi connectivity index (χ2n) is 28.6. The third-order valence-electron chi connectivity index (χ3n) is 20.2. The molecule has 2 aliphatic heterocycles. The van der Waals surface area contributed by atoms with Gasteiger partial charge in [0.05, 0.1) is 39.0 Å². The average Bonchev–Trinajstić information content (AvgIpc) is 0.788. The van der Waals surface area contributed by atoms with E-state index in [1.54, 1.807) is 33.8 Å². The van der Waals surface area contributed by atoms with E-state index in [4.69, 9.17) is 9.47 Å². The zero-order chi connectivity index (χ0) is 81.9. The summed E-state index contributed by atoms with van der Waals surface area (Å²) in [7, 11) is 6.98. The van der Waals surface area contributed by atoms with E-state index < -0.39 is 156 Å². The van der Waals surface area contributed by atoms with Gasteiger partial charge in [0.2, 0.25) is 47.3 Å². The van der Waals surface area contributed by atoms with Gasteiger partial charge in [-0.15, -0.1) is 0 Å². The summed E-state index contributed by atoms with van der Waals surface area (Å²) in [5.74, 6) is -12.5. The first-order valence-electron chi connectivity index (χ1n) is 36.6. The van der Waals surface area contributed by atoms with Gasteiger partial charge in [-0.05, 0) is 108 Å². The molecule has 0 radical (unpaired) electrons. The number of aliphatic hydroxyl groups excluding tert-OH is 1. The highest BCUT2D eigenvalue weighted by atomic mass is 16.5. The molecule has 608 valence electrons. The maximum absolute atomic E-state index is 14.3. The maximum Gasteiger partial charge on any atom is 0.328 e. The predicted molar refractivity (Wildman–Crippen MR) is 419 cm³/mol. The first-order valence-corrected chi connectivity index (χ1v) is 36.6. The molecule has 8 N–H and O–H groups in total. The van der Waals surface area contributed by atoms with Crippen LogP contribution in [0.15, 0.2) is 103 Å². The number of carboxylic acids is 1. The van der Waals surface area contributed by atoms with Gasteiger partial charge in [-0.2, -0.15) is 0 Å². The van der Waals surface area contributed by atoms with Crippen LogP contribution in [0.25, 0.3) is 22.3 Å². The number of benzene rings is 5. The number of carbonyl (C=O) groups is 14. The number of aromatic hydroxyl groups is 2. The molecule has 0 unspecified atom stereocenters. The van der Waals surface area contributed by atoms with Gasteiger partial charge in [0, 0.05) is 114 Å². The number of fused-ring (bicyclic) bond motifs is 10. The number of aliphatic hydroxyl groups is 1. The van der Waals surface area contributed by atoms with Crippen LogP contribution in [-0.2, 0) is 96.0 Å². The molecular formula is C84H112N8O20. The van der Waals surface area contributed by atoms with E-state index in [0.717, 1.165) is 43.2 Å². The number of phenolic OH excluding ortho intramolecular Hbond substituents is 2. The van der Waals surface area contributed by atoms with Gasteiger partial charge >= 0.3 is 11.9 Å². The lowest BCUT2D eigenvalue weighted by atomic mass is 9.87. The van der Waals surface area contributed by atoms with Crippen LogP contribution in [-0.4, -0.2) is 207 Å². The summed E-state index contributed by atoms with van der Waals surface area (Å²) in [6.07, 6.45) is -0.928. The Kier molecular flexibility index (Phi) is 35.4. The monoisotopic (exact) mass is 1550 g/mol. The van der Waals surface area contributed by atoms with Crippen molar-refractivity contribution in [1.29, 1.82) is 0 Å². The summed E-state index contributed by atoms with van der Waals surface area (Å²) in [5, 5.41) is 51.5. The molecule has 28 nitrogen and oxygen atoms in total. The molecule has 0 spiro atoms. The lowest BCUT2D eigenvalue weighted by molar-refractivity contribution is -0.146. The van der Waals surface area contributed by atoms with E-state index in [9.17, 15) is 87.5 Å². The zero-order valence-corrected chi connectivity index (χ0v) is 65.1. The highest BCUT2D eigenvalue weighted by Gasteiger charge is 2.39. The van der Waals surface area contributed by atoms with E-state index in [1.807, 2.05) is 74.5 Å². The largest absolute Gasteiger partial charge is 0.507 e. The van der Waals surface area contributed by atoms with Crippen LogP contribution in [0.2, 0.25) is 0 Å². The summed E-state index contributed by atoms with van der Waals surface area (Å²) >= 11 is 0. The molecular weight excluding hydrogens is 1440 g/mol. The average molecular weight is 1550 g/mol. The van der Waals surface area contributed by atoms with Crippen LogP contribution in [0.5, 0.6) is 11.5 Å². The van der Waals surface area contributed by atoms with Crippen LogP contribution in [0.1, 0.15) is 160 Å². The first kappa shape index (κ1) is 93.4. The third kappa shape index (κ3) is 24.0. The number of aryl methyl sites for hydroxylation is 2. The molecule has 5 aromatic rings. The SMILES string of the molecule is C.C.CCC(=O)N(C)[C@H](CO)C(=O)N[C@H](C)C(=O)C[C@H](C)C(=O)N(C)[C@@H]1C(=O)C[C@@H](C)C(=O)N[C@H](C(=O)O)Cc2ccc(O)c(c2)-c2cc1ccc2O.CCC(=O)N(C)[C@H](COCc1ccccc1)C(=O)N[C@H](C)C(=O)C[C@H](C)C(=O)N(C)[C@@H]1C(=O)C[C@@H](C)C(=O)N[C@H](C(=O)OC)Cc2ccc(C)c(c2)-c2cc1ccc2C. The number of carbonyl (C=O) groups excluding carboxylic acids is 13. The minimum absolute atomic E-state index is 0. The Balaban J connectivity index is 0.000000469. The number of nitrogens with zero attached hydrogens (tertiary/aromatic N) is 4. The van der Waals surface area contributed by atoms with Crippen molar-refractivity contribution < 1.29 is 97.0 Å². The number of amides is 8. The smallest absolute Gasteiger partial charge is 0.328 e. The Labute approximate surface area is 655 Å². The van der Waals surface area contributed by atoms with Crippen LogP contribution < -0.4 is 21.3 Å². The molecule has 8 amide bonds. The fourth-order valence-electron chi connectivity index (χ4n) is 13.3. The van der Waals surface area contributed by atoms with Crippen LogP contribution >= 0.6 is 0 Å². The Bertz CT molecular complexity index is 4260. The van der Waals surface area contributed by atoms with Crippen LogP contribution in [0.3, 0.4) is 0 Å². The number of ether oxygens (including phenoxy) is 2. The summed E-state index contributed by atoms with van der Waals surface area (Å²) < 4.78 is 10.8. The fraction of sp³-hybridized carbons (Fsp3) is 0.476. The molecule has 5 aromatic carbocycles. The maximum atomic E-state index is 14.3. The topological polar surface area (TPSA) is 399 Å². The molecule has 2 aliphatic rings. The van der Waals surface area contributed by atoms with Crippen molar-refractivity contribution in [3.05, 3.63) is 142 Å². The lowest BCUT2D eigenvalue weighted by Crippen LogP contribution is -2.53. The van der Waals surface area contributed by atoms with Gasteiger partial charge in [-0.25, -0.2) is 9.59 Å². The molecule has 12 atom stereocenters. The second-order valence-corrected chi connectivity index (χ2v) is 28.6. The molecule has 0 fully saturated rings. The lowest BCUT2D eigenvalue weighted by Gasteiger charge is -2.31. The van der Waals surface area contributed by atoms with Crippen molar-refractivity contribution in [3.8, 4) is 33.8 Å². The first-order chi connectivity index (χ1) is 51.9. The Morgan fingerprint density at radius 3 is 1.42 bits per heavy atom. The standard InChI is InChI=1S/C46H58N4O9.C36H46N4O11.2CH4/c1-10-41(53)49(7)38(26-59-25-32-14-12-11-13-15-32)44(55)47-31(6)39(51)21-30(5)45(56)50(8)42-34-19-17-28(3)36(24-34)35-22-33(18-16-27(35)2)23-37(46(57)58-9)48-43(54)29(4)20-40(42)52;1-7-31(46)39(5)26(17-41)34(48)37-20(4)29(44)13-19(3)35(49)40(6)32-22-9-11-28(43)24(16-22)23-14-21(8-10-27(23)42)15-25(36(50)51)38-33(47)18(2)12-30(32)45;;/h11-19,22,24,29-31,37-38,42H,10,20-21,23,25-26H2,1-9H3,(H,47,55)(H,48,54);8-11,14,16,18-20,25-26,32,41-43H,7,12-13,15,17H2,1-6H3,(H,37,48)(H,38,47)(H,50,51);2*1H4/t29-,30+,31-,37+,38-,42+;18-,19+,20-,25+,26-,32+;;/m11../s1. The van der Waals surface area contributed by atoms with Crippen molar-refractivity contribution >= 4 is 82.3 Å². The van der Waals surface area contributed by atoms with Gasteiger partial charge in [0.25, 0.3) is 0 Å². The number of esters is 1. The Morgan fingerprint density at radius 2 is 0.946 bits per heavy atom. The number of hydrogen-bond acceptors (Lipinski definition) is 19. The number of rotatable bonds is 25. The van der Waals surface area contributed by atoms with E-state index in [-0.39, 0.29) is 113 Å². The summed E-state index contributed by atoms with van der Waals surface area (Å²) in [5.41, 5.74) is 6.72. The predicted octanol–water partition coefficient (Wildman–Crippen LogP) is 7.42. The molecule has 28 heteroatoms. The quantitative estimate of drug-likeness (QED) is 0.0263. The number of nitrogens with one attached hydrogen (secondary N) is 4. The summed E-state index contributed by atoms with van der Waals surface area (Å²) in [4.78, 5) is 190. The molecule has 0 aliphatic carbocycles. The van der Waals surface area contributed by atoms with Crippen molar-refractivity contribution in [1.82, 2.24) is 40.9 Å². The minimum Gasteiger partial charge on any atom is -0.507 e. The molecule has 0 saturated heterocycles. The normalized spacial score (nSPS) is 18.5. The number of likely N-dealkylation sites (N-methyl/N-ethyl adjacent to an activating group) is 4. The Morgan fingerprint density at radius 1 is 0.545 bits per heavy atom. The van der Waals surface area contributed by atoms with E-state index in [0.29, 0.717) is 11.1 Å². The highest BCUT2D eigenvalue weighted by Crippen LogP contribution is 2.40. The van der Waals surface area contributed by atoms with Gasteiger partial charge in [-0.3, -0.25) is 57.5 Å². The number of carboxylic acid groups (broad SMARTS) is 1. The third-order valence-corrected chi connectivity index (χ3v) is 20.2. The van der Waals surface area contributed by atoms with Gasteiger partial charge < -0.3 is 70.8 Å². The second kappa shape index (κ2) is 42.4. The van der Waals surface area contributed by atoms with Crippen molar-refractivity contribution in [2.24, 2.45) is 23.7 Å². The molecule has 0 aromatic heterocycles. The van der Waals surface area contributed by atoms with Gasteiger partial charge in [0.1, 0.15) is 47.8 Å².